The fourth-order valence-corrected chi connectivity index (χ4v) is 3.20. The molecule has 0 spiro atoms. The van der Waals surface area contributed by atoms with Crippen LogP contribution in [0.3, 0.4) is 0 Å². The Morgan fingerprint density at radius 3 is 2.71 bits per heavy atom. The quantitative estimate of drug-likeness (QED) is 0.800. The molecule has 24 heavy (non-hydrogen) atoms. The third-order valence-electron chi connectivity index (χ3n) is 3.78. The summed E-state index contributed by atoms with van der Waals surface area (Å²) in [7, 11) is 0. The van der Waals surface area contributed by atoms with Crippen LogP contribution >= 0.6 is 15.9 Å². The predicted octanol–water partition coefficient (Wildman–Crippen LogP) is 3.67. The number of hydrogen-bond donors (Lipinski definition) is 1. The second-order valence-corrected chi connectivity index (χ2v) is 7.79. The Kier molecular flexibility index (Phi) is 4.42. The van der Waals surface area contributed by atoms with Crippen LogP contribution in [0.5, 0.6) is 6.01 Å². The van der Waals surface area contributed by atoms with E-state index < -0.39 is 17.4 Å². The van der Waals surface area contributed by atoms with Gasteiger partial charge in [-0.25, -0.2) is 14.8 Å². The zero-order valence-electron chi connectivity index (χ0n) is 14.0. The van der Waals surface area contributed by atoms with Crippen LogP contribution in [0.15, 0.2) is 23.1 Å². The first-order valence-electron chi connectivity index (χ1n) is 7.96. The average Bonchev–Trinajstić information content (AvgIpc) is 3.10. The number of alkyl carbamates (subject to hydrolysis) is 1. The number of nitrogens with one attached hydrogen (secondary N) is 1. The number of amides is 1. The summed E-state index contributed by atoms with van der Waals surface area (Å²) in [5.74, 6) is 0. The zero-order valence-corrected chi connectivity index (χ0v) is 15.6. The van der Waals surface area contributed by atoms with Crippen molar-refractivity contribution in [3.63, 3.8) is 0 Å². The highest BCUT2D eigenvalue weighted by atomic mass is 79.9. The maximum Gasteiger partial charge on any atom is 0.410 e. The largest absolute Gasteiger partial charge is 0.444 e. The molecule has 8 heteroatoms. The number of aromatic nitrogens is 3. The van der Waals surface area contributed by atoms with Gasteiger partial charge >= 0.3 is 12.1 Å². The first-order valence-corrected chi connectivity index (χ1v) is 8.75. The molecule has 2 heterocycles. The Bertz CT molecular complexity index is 747. The van der Waals surface area contributed by atoms with E-state index in [1.807, 2.05) is 20.8 Å². The van der Waals surface area contributed by atoms with E-state index in [4.69, 9.17) is 9.47 Å². The summed E-state index contributed by atoms with van der Waals surface area (Å²) in [5, 5.41) is 2.90. The molecule has 1 saturated carbocycles. The van der Waals surface area contributed by atoms with E-state index in [1.165, 1.54) is 0 Å². The molecule has 3 rings (SSSR count). The van der Waals surface area contributed by atoms with Crippen LogP contribution in [0, 0.1) is 0 Å². The Morgan fingerprint density at radius 2 is 2.04 bits per heavy atom. The predicted molar refractivity (Wildman–Crippen MR) is 91.9 cm³/mol. The van der Waals surface area contributed by atoms with Crippen molar-refractivity contribution in [2.75, 3.05) is 0 Å². The normalized spacial score (nSPS) is 17.0. The fourth-order valence-electron chi connectivity index (χ4n) is 2.80. The first-order chi connectivity index (χ1) is 11.3. The molecule has 0 aliphatic heterocycles. The van der Waals surface area contributed by atoms with Crippen LogP contribution in [0.2, 0.25) is 0 Å². The highest BCUT2D eigenvalue weighted by molar-refractivity contribution is 9.10. The van der Waals surface area contributed by atoms with Gasteiger partial charge in [0, 0.05) is 25.2 Å². The van der Waals surface area contributed by atoms with Crippen LogP contribution in [0.25, 0.3) is 5.65 Å². The van der Waals surface area contributed by atoms with Crippen molar-refractivity contribution in [2.24, 2.45) is 0 Å². The summed E-state index contributed by atoms with van der Waals surface area (Å²) in [6, 6.07) is 0.392. The number of fused-ring (bicyclic) bond motifs is 1. The van der Waals surface area contributed by atoms with Gasteiger partial charge in [0.25, 0.3) is 0 Å². The number of nitrogens with zero attached hydrogens (tertiary/aromatic N) is 3. The lowest BCUT2D eigenvalue weighted by Crippen LogP contribution is -2.52. The van der Waals surface area contributed by atoms with Gasteiger partial charge in [-0.1, -0.05) is 0 Å². The molecule has 0 atom stereocenters. The van der Waals surface area contributed by atoms with Gasteiger partial charge in [0.15, 0.2) is 11.4 Å². The molecule has 1 N–H and O–H groups in total. The maximum atomic E-state index is 12.2. The van der Waals surface area contributed by atoms with Crippen LogP contribution in [-0.2, 0) is 4.74 Å². The Labute approximate surface area is 148 Å². The first kappa shape index (κ1) is 17.0. The average molecular weight is 397 g/mol. The van der Waals surface area contributed by atoms with Gasteiger partial charge < -0.3 is 9.47 Å². The van der Waals surface area contributed by atoms with Crippen molar-refractivity contribution < 1.29 is 14.3 Å². The minimum absolute atomic E-state index is 0.392. The van der Waals surface area contributed by atoms with Crippen LogP contribution < -0.4 is 10.1 Å². The van der Waals surface area contributed by atoms with Gasteiger partial charge in [-0.2, -0.15) is 0 Å². The Balaban J connectivity index is 1.84. The van der Waals surface area contributed by atoms with Gasteiger partial charge in [-0.3, -0.25) is 9.72 Å². The second kappa shape index (κ2) is 6.23. The minimum Gasteiger partial charge on any atom is -0.444 e. The molecule has 1 aliphatic rings. The summed E-state index contributed by atoms with van der Waals surface area (Å²) >= 11 is 3.42. The molecule has 1 aliphatic carbocycles. The molecule has 7 nitrogen and oxygen atoms in total. The van der Waals surface area contributed by atoms with Crippen molar-refractivity contribution in [1.29, 1.82) is 0 Å². The van der Waals surface area contributed by atoms with E-state index in [2.05, 4.69) is 31.2 Å². The maximum absolute atomic E-state index is 12.2. The topological polar surface area (TPSA) is 77.8 Å². The molecule has 2 aromatic rings. The van der Waals surface area contributed by atoms with E-state index >= 15 is 0 Å². The minimum atomic E-state index is -0.805. The van der Waals surface area contributed by atoms with Gasteiger partial charge in [0.1, 0.15) is 5.60 Å². The SMILES string of the molecule is CC(C)(C)OC(=O)NC1(Oc2ncc(Br)c3nccn23)CCCC1. The molecule has 1 amide bonds. The highest BCUT2D eigenvalue weighted by Crippen LogP contribution is 2.33. The smallest absolute Gasteiger partial charge is 0.410 e. The van der Waals surface area contributed by atoms with Gasteiger partial charge in [-0.05, 0) is 49.5 Å². The van der Waals surface area contributed by atoms with E-state index in [0.29, 0.717) is 24.5 Å². The van der Waals surface area contributed by atoms with Crippen LogP contribution in [-0.4, -0.2) is 31.8 Å². The van der Waals surface area contributed by atoms with Crippen molar-refractivity contribution in [3.05, 3.63) is 23.1 Å². The molecule has 0 saturated heterocycles. The Morgan fingerprint density at radius 1 is 1.33 bits per heavy atom. The lowest BCUT2D eigenvalue weighted by molar-refractivity contribution is 0.000516. The van der Waals surface area contributed by atoms with Gasteiger partial charge in [-0.15, -0.1) is 0 Å². The van der Waals surface area contributed by atoms with Crippen molar-refractivity contribution >= 4 is 27.7 Å². The molecule has 0 unspecified atom stereocenters. The van der Waals surface area contributed by atoms with Crippen LogP contribution in [0.4, 0.5) is 4.79 Å². The van der Waals surface area contributed by atoms with E-state index in [0.717, 1.165) is 17.3 Å². The molecule has 0 bridgehead atoms. The van der Waals surface area contributed by atoms with Gasteiger partial charge in [0.2, 0.25) is 0 Å². The van der Waals surface area contributed by atoms with Crippen molar-refractivity contribution in [2.45, 2.75) is 57.8 Å². The molecule has 0 aromatic carbocycles. The van der Waals surface area contributed by atoms with Crippen molar-refractivity contribution in [1.82, 2.24) is 19.7 Å². The third-order valence-corrected chi connectivity index (χ3v) is 4.33. The van der Waals surface area contributed by atoms with Crippen LogP contribution in [0.1, 0.15) is 46.5 Å². The van der Waals surface area contributed by atoms with E-state index in [9.17, 15) is 4.79 Å². The Hall–Kier alpha value is -1.83. The number of rotatable bonds is 3. The summed E-state index contributed by atoms with van der Waals surface area (Å²) in [6.07, 6.45) is 7.98. The molecular weight excluding hydrogens is 376 g/mol. The molecule has 0 radical (unpaired) electrons. The summed E-state index contributed by atoms with van der Waals surface area (Å²) in [5.41, 5.74) is -0.650. The van der Waals surface area contributed by atoms with Gasteiger partial charge in [0.05, 0.1) is 10.7 Å². The second-order valence-electron chi connectivity index (χ2n) is 6.94. The molecular formula is C16H21BrN4O3. The third kappa shape index (κ3) is 3.63. The van der Waals surface area contributed by atoms with E-state index in [-0.39, 0.29) is 0 Å². The molecule has 2 aromatic heterocycles. The number of halogens is 1. The summed E-state index contributed by atoms with van der Waals surface area (Å²) in [4.78, 5) is 20.8. The molecule has 130 valence electrons. The monoisotopic (exact) mass is 396 g/mol. The lowest BCUT2D eigenvalue weighted by Gasteiger charge is -2.31. The zero-order chi connectivity index (χ0) is 17.4. The fraction of sp³-hybridized carbons (Fsp3) is 0.562. The number of imidazole rings is 1. The number of ether oxygens (including phenoxy) is 2. The summed E-state index contributed by atoms with van der Waals surface area (Å²) < 4.78 is 14.1. The number of carbonyl (C=O) groups excluding carboxylic acids is 1. The number of hydrogen-bond acceptors (Lipinski definition) is 5. The molecule has 1 fully saturated rings. The lowest BCUT2D eigenvalue weighted by atomic mass is 10.2. The summed E-state index contributed by atoms with van der Waals surface area (Å²) in [6.45, 7) is 5.50. The highest BCUT2D eigenvalue weighted by Gasteiger charge is 2.40. The van der Waals surface area contributed by atoms with Crippen molar-refractivity contribution in [3.8, 4) is 6.01 Å². The van der Waals surface area contributed by atoms with E-state index in [1.54, 1.807) is 23.0 Å². The number of carbonyl (C=O) groups is 1. The standard InChI is InChI=1S/C16H21BrN4O3/c1-15(2,3)24-14(22)20-16(6-4-5-7-16)23-13-19-10-11(17)12-18-8-9-21(12)13/h8-10H,4-7H2,1-3H3,(H,20,22).